The van der Waals surface area contributed by atoms with Crippen molar-refractivity contribution in [2.45, 2.75) is 31.8 Å². The zero-order chi connectivity index (χ0) is 20.1. The molecule has 1 aromatic heterocycles. The first-order chi connectivity index (χ1) is 12.8. The number of ether oxygens (including phenoxy) is 1. The van der Waals surface area contributed by atoms with Crippen molar-refractivity contribution >= 4 is 17.5 Å². The van der Waals surface area contributed by atoms with Gasteiger partial charge >= 0.3 is 5.69 Å². The van der Waals surface area contributed by atoms with Gasteiger partial charge in [-0.2, -0.15) is 4.98 Å². The first-order valence-electron chi connectivity index (χ1n) is 8.16. The molecule has 2 rings (SSSR count). The second kappa shape index (κ2) is 8.67. The quantitative estimate of drug-likeness (QED) is 0.454. The van der Waals surface area contributed by atoms with Gasteiger partial charge in [0.05, 0.1) is 12.7 Å². The zero-order valence-electron chi connectivity index (χ0n) is 14.8. The highest BCUT2D eigenvalue weighted by Crippen LogP contribution is 2.27. The van der Waals surface area contributed by atoms with Gasteiger partial charge in [0.25, 0.3) is 5.91 Å². The molecule has 0 radical (unpaired) electrons. The molecule has 0 aromatic carbocycles. The lowest BCUT2D eigenvalue weighted by atomic mass is 10.0. The Morgan fingerprint density at radius 1 is 1.52 bits per heavy atom. The van der Waals surface area contributed by atoms with Crippen LogP contribution in [-0.4, -0.2) is 50.3 Å². The molecule has 0 saturated carbocycles. The smallest absolute Gasteiger partial charge is 0.351 e. The van der Waals surface area contributed by atoms with Crippen LogP contribution in [0.2, 0.25) is 0 Å². The number of anilines is 1. The van der Waals surface area contributed by atoms with E-state index in [0.717, 1.165) is 4.57 Å². The molecule has 2 heterocycles. The Bertz CT molecular complexity index is 857. The van der Waals surface area contributed by atoms with E-state index < -0.39 is 30.0 Å². The number of aliphatic hydroxyl groups excluding tert-OH is 2. The summed E-state index contributed by atoms with van der Waals surface area (Å²) in [4.78, 5) is 39.8. The molecule has 3 unspecified atom stereocenters. The van der Waals surface area contributed by atoms with Crippen LogP contribution in [0.1, 0.15) is 19.6 Å². The number of aliphatic hydroxyl groups is 2. The van der Waals surface area contributed by atoms with Gasteiger partial charge < -0.3 is 20.3 Å². The van der Waals surface area contributed by atoms with E-state index in [1.807, 2.05) is 0 Å². The Balaban J connectivity index is 2.20. The van der Waals surface area contributed by atoms with Crippen LogP contribution in [0.4, 0.5) is 5.82 Å². The second-order valence-electron chi connectivity index (χ2n) is 5.94. The molecule has 1 saturated heterocycles. The fraction of sp³-hybridized carbons (Fsp3) is 0.333. The number of amides is 1. The van der Waals surface area contributed by atoms with Crippen LogP contribution in [0, 0.1) is 0 Å². The minimum atomic E-state index is -0.972. The summed E-state index contributed by atoms with van der Waals surface area (Å²) in [7, 11) is 0. The molecule has 1 aromatic rings. The number of aromatic nitrogens is 2. The van der Waals surface area contributed by atoms with Gasteiger partial charge in [-0.1, -0.05) is 19.2 Å². The number of nitrogens with zero attached hydrogens (tertiary/aromatic N) is 2. The molecule has 0 aliphatic carbocycles. The highest BCUT2D eigenvalue weighted by molar-refractivity contribution is 6.14. The van der Waals surface area contributed by atoms with Crippen molar-refractivity contribution in [3.63, 3.8) is 0 Å². The SMILES string of the molecule is C=CC=C(C(=C)C(C)=O)C(=O)Nc1ccn(C2OC(CO)CC2O)c(=O)n1. The van der Waals surface area contributed by atoms with Crippen LogP contribution >= 0.6 is 0 Å². The van der Waals surface area contributed by atoms with E-state index in [1.165, 1.54) is 31.3 Å². The van der Waals surface area contributed by atoms with E-state index in [1.54, 1.807) is 0 Å². The molecule has 0 bridgehead atoms. The van der Waals surface area contributed by atoms with Gasteiger partial charge in [0, 0.05) is 23.8 Å². The van der Waals surface area contributed by atoms with Crippen LogP contribution in [-0.2, 0) is 14.3 Å². The lowest BCUT2D eigenvalue weighted by Crippen LogP contribution is -2.32. The topological polar surface area (TPSA) is 131 Å². The maximum atomic E-state index is 12.4. The number of Topliss-reactive ketones (excluding diaryl/α,β-unsaturated/α-hetero) is 1. The monoisotopic (exact) mass is 375 g/mol. The lowest BCUT2D eigenvalue weighted by molar-refractivity contribution is -0.116. The third-order valence-corrected chi connectivity index (χ3v) is 3.99. The number of rotatable bonds is 7. The van der Waals surface area contributed by atoms with E-state index in [-0.39, 0.29) is 35.8 Å². The van der Waals surface area contributed by atoms with Crippen molar-refractivity contribution in [1.82, 2.24) is 9.55 Å². The fourth-order valence-corrected chi connectivity index (χ4v) is 2.58. The van der Waals surface area contributed by atoms with Crippen LogP contribution in [0.15, 0.2) is 53.5 Å². The molecular weight excluding hydrogens is 354 g/mol. The first-order valence-corrected chi connectivity index (χ1v) is 8.16. The van der Waals surface area contributed by atoms with Crippen molar-refractivity contribution in [3.8, 4) is 0 Å². The summed E-state index contributed by atoms with van der Waals surface area (Å²) in [6.45, 7) is 8.06. The minimum Gasteiger partial charge on any atom is -0.394 e. The molecule has 27 heavy (non-hydrogen) atoms. The molecule has 3 N–H and O–H groups in total. The van der Waals surface area contributed by atoms with Crippen molar-refractivity contribution in [2.75, 3.05) is 11.9 Å². The van der Waals surface area contributed by atoms with Gasteiger partial charge in [-0.25, -0.2) is 4.79 Å². The number of nitrogens with one attached hydrogen (secondary N) is 1. The normalized spacial score (nSPS) is 22.3. The number of hydrogen-bond donors (Lipinski definition) is 3. The molecule has 1 aliphatic heterocycles. The Hall–Kier alpha value is -2.88. The Morgan fingerprint density at radius 3 is 2.74 bits per heavy atom. The van der Waals surface area contributed by atoms with Crippen LogP contribution in [0.25, 0.3) is 0 Å². The van der Waals surface area contributed by atoms with E-state index >= 15 is 0 Å². The van der Waals surface area contributed by atoms with Crippen molar-refractivity contribution < 1.29 is 24.5 Å². The van der Waals surface area contributed by atoms with Crippen LogP contribution in [0.5, 0.6) is 0 Å². The number of carbonyl (C=O) groups is 2. The predicted octanol–water partition coefficient (Wildman–Crippen LogP) is 0.0801. The molecule has 9 nitrogen and oxygen atoms in total. The maximum Gasteiger partial charge on any atom is 0.351 e. The number of ketones is 1. The summed E-state index contributed by atoms with van der Waals surface area (Å²) < 4.78 is 6.48. The third-order valence-electron chi connectivity index (χ3n) is 3.99. The van der Waals surface area contributed by atoms with E-state index in [4.69, 9.17) is 9.84 Å². The summed E-state index contributed by atoms with van der Waals surface area (Å²) in [6, 6.07) is 1.35. The molecule has 9 heteroatoms. The number of allylic oxidation sites excluding steroid dienone is 2. The van der Waals surface area contributed by atoms with Crippen LogP contribution in [0.3, 0.4) is 0 Å². The molecule has 1 fully saturated rings. The predicted molar refractivity (Wildman–Crippen MR) is 96.8 cm³/mol. The van der Waals surface area contributed by atoms with E-state index in [9.17, 15) is 19.5 Å². The zero-order valence-corrected chi connectivity index (χ0v) is 14.8. The third kappa shape index (κ3) is 4.64. The van der Waals surface area contributed by atoms with E-state index in [0.29, 0.717) is 0 Å². The van der Waals surface area contributed by atoms with Gasteiger partial charge in [-0.15, -0.1) is 0 Å². The van der Waals surface area contributed by atoms with Crippen molar-refractivity contribution in [1.29, 1.82) is 0 Å². The molecular formula is C18H21N3O6. The molecule has 1 aliphatic rings. The van der Waals surface area contributed by atoms with Gasteiger partial charge in [0.1, 0.15) is 11.9 Å². The lowest BCUT2D eigenvalue weighted by Gasteiger charge is -2.17. The average molecular weight is 375 g/mol. The highest BCUT2D eigenvalue weighted by atomic mass is 16.5. The highest BCUT2D eigenvalue weighted by Gasteiger charge is 2.35. The van der Waals surface area contributed by atoms with Crippen LogP contribution < -0.4 is 11.0 Å². The Kier molecular flexibility index (Phi) is 6.56. The largest absolute Gasteiger partial charge is 0.394 e. The summed E-state index contributed by atoms with van der Waals surface area (Å²) in [6.07, 6.45) is 1.66. The average Bonchev–Trinajstić information content (AvgIpc) is 2.99. The summed E-state index contributed by atoms with van der Waals surface area (Å²) in [5.74, 6) is -1.09. The van der Waals surface area contributed by atoms with Crippen molar-refractivity contribution in [3.05, 3.63) is 59.2 Å². The van der Waals surface area contributed by atoms with Gasteiger partial charge in [-0.3, -0.25) is 14.2 Å². The maximum absolute atomic E-state index is 12.4. The summed E-state index contributed by atoms with van der Waals surface area (Å²) in [5, 5.41) is 21.5. The summed E-state index contributed by atoms with van der Waals surface area (Å²) >= 11 is 0. The Morgan fingerprint density at radius 2 is 2.22 bits per heavy atom. The van der Waals surface area contributed by atoms with E-state index in [2.05, 4.69) is 23.5 Å². The van der Waals surface area contributed by atoms with Gasteiger partial charge in [0.2, 0.25) is 0 Å². The summed E-state index contributed by atoms with van der Waals surface area (Å²) in [5.41, 5.74) is -0.753. The number of hydrogen-bond acceptors (Lipinski definition) is 7. The first kappa shape index (κ1) is 20.4. The molecule has 3 atom stereocenters. The standard InChI is InChI=1S/C18H21N3O6/c1-4-5-13(10(2)11(3)23)16(25)19-15-6-7-21(18(26)20-15)17-14(24)8-12(9-22)27-17/h4-7,12,14,17,22,24H,1-2,8-9H2,3H3,(H,19,20,25,26). The molecule has 1 amide bonds. The fourth-order valence-electron chi connectivity index (χ4n) is 2.58. The second-order valence-corrected chi connectivity index (χ2v) is 5.94. The number of carbonyl (C=O) groups excluding carboxylic acids is 2. The Labute approximate surface area is 155 Å². The molecule has 144 valence electrons. The minimum absolute atomic E-state index is 0.00161. The van der Waals surface area contributed by atoms with Gasteiger partial charge in [-0.05, 0) is 19.1 Å². The van der Waals surface area contributed by atoms with Gasteiger partial charge in [0.15, 0.2) is 12.0 Å². The van der Waals surface area contributed by atoms with Crippen molar-refractivity contribution in [2.24, 2.45) is 0 Å². The molecule has 0 spiro atoms.